The second-order valence-corrected chi connectivity index (χ2v) is 4.39. The standard InChI is InChI=1S/C9H14N4S/c1-11-4-8-6-5-14-3-2-7(6)12-9(10)13-8/h11H,2-5H2,1H3,(H2,10,12,13). The van der Waals surface area contributed by atoms with Gasteiger partial charge in [-0.1, -0.05) is 0 Å². The number of nitrogens with zero attached hydrogens (tertiary/aromatic N) is 2. The Morgan fingerprint density at radius 1 is 1.50 bits per heavy atom. The highest BCUT2D eigenvalue weighted by atomic mass is 32.2. The number of nitrogen functional groups attached to an aromatic ring is 1. The first-order valence-electron chi connectivity index (χ1n) is 4.67. The van der Waals surface area contributed by atoms with Gasteiger partial charge in [-0.05, 0) is 19.2 Å². The molecule has 0 bridgehead atoms. The van der Waals surface area contributed by atoms with E-state index in [1.807, 2.05) is 18.8 Å². The molecule has 76 valence electrons. The Bertz CT molecular complexity index is 340. The summed E-state index contributed by atoms with van der Waals surface area (Å²) in [6.07, 6.45) is 1.02. The van der Waals surface area contributed by atoms with E-state index in [0.717, 1.165) is 35.9 Å². The smallest absolute Gasteiger partial charge is 0.220 e. The van der Waals surface area contributed by atoms with Gasteiger partial charge in [0.25, 0.3) is 0 Å². The van der Waals surface area contributed by atoms with Crippen LogP contribution in [0.4, 0.5) is 5.95 Å². The van der Waals surface area contributed by atoms with Gasteiger partial charge < -0.3 is 11.1 Å². The van der Waals surface area contributed by atoms with Gasteiger partial charge in [0.2, 0.25) is 5.95 Å². The van der Waals surface area contributed by atoms with Crippen molar-refractivity contribution in [1.82, 2.24) is 15.3 Å². The van der Waals surface area contributed by atoms with Crippen molar-refractivity contribution in [3.8, 4) is 0 Å². The van der Waals surface area contributed by atoms with E-state index in [1.165, 1.54) is 5.56 Å². The lowest BCUT2D eigenvalue weighted by Gasteiger charge is -2.17. The van der Waals surface area contributed by atoms with Gasteiger partial charge in [0.05, 0.1) is 11.4 Å². The lowest BCUT2D eigenvalue weighted by atomic mass is 10.1. The zero-order chi connectivity index (χ0) is 9.97. The molecule has 0 aromatic carbocycles. The molecule has 0 spiro atoms. The number of nitrogens with two attached hydrogens (primary N) is 1. The van der Waals surface area contributed by atoms with Gasteiger partial charge in [-0.3, -0.25) is 0 Å². The molecular weight excluding hydrogens is 196 g/mol. The zero-order valence-corrected chi connectivity index (χ0v) is 9.02. The molecule has 14 heavy (non-hydrogen) atoms. The van der Waals surface area contributed by atoms with Crippen LogP contribution in [0.15, 0.2) is 0 Å². The molecule has 0 fully saturated rings. The van der Waals surface area contributed by atoms with Crippen LogP contribution in [0.25, 0.3) is 0 Å². The third-order valence-corrected chi connectivity index (χ3v) is 3.26. The van der Waals surface area contributed by atoms with Crippen LogP contribution in [-0.4, -0.2) is 22.8 Å². The highest BCUT2D eigenvalue weighted by molar-refractivity contribution is 7.98. The minimum atomic E-state index is 0.404. The van der Waals surface area contributed by atoms with Gasteiger partial charge in [0.1, 0.15) is 0 Å². The highest BCUT2D eigenvalue weighted by Crippen LogP contribution is 2.25. The highest BCUT2D eigenvalue weighted by Gasteiger charge is 2.16. The van der Waals surface area contributed by atoms with E-state index in [9.17, 15) is 0 Å². The van der Waals surface area contributed by atoms with Gasteiger partial charge in [0, 0.05) is 17.9 Å². The van der Waals surface area contributed by atoms with Gasteiger partial charge in [0.15, 0.2) is 0 Å². The van der Waals surface area contributed by atoms with E-state index in [4.69, 9.17) is 5.73 Å². The summed E-state index contributed by atoms with van der Waals surface area (Å²) in [6, 6.07) is 0. The number of thioether (sulfide) groups is 1. The van der Waals surface area contributed by atoms with E-state index in [1.54, 1.807) is 0 Å². The molecule has 0 unspecified atom stereocenters. The van der Waals surface area contributed by atoms with Crippen LogP contribution in [0.3, 0.4) is 0 Å². The summed E-state index contributed by atoms with van der Waals surface area (Å²) in [6.45, 7) is 0.773. The van der Waals surface area contributed by atoms with Crippen molar-refractivity contribution < 1.29 is 0 Å². The maximum absolute atomic E-state index is 5.66. The molecule has 0 saturated heterocycles. The molecule has 0 amide bonds. The predicted octanol–water partition coefficient (Wildman–Crippen LogP) is 0.568. The number of rotatable bonds is 2. The SMILES string of the molecule is CNCc1nc(N)nc2c1CSCC2. The molecule has 0 radical (unpaired) electrons. The first-order valence-corrected chi connectivity index (χ1v) is 5.83. The third-order valence-electron chi connectivity index (χ3n) is 2.27. The van der Waals surface area contributed by atoms with Crippen LogP contribution >= 0.6 is 11.8 Å². The van der Waals surface area contributed by atoms with Crippen molar-refractivity contribution in [2.24, 2.45) is 0 Å². The Hall–Kier alpha value is -0.810. The number of hydrogen-bond donors (Lipinski definition) is 2. The first-order chi connectivity index (χ1) is 6.81. The van der Waals surface area contributed by atoms with Crippen LogP contribution in [0.5, 0.6) is 0 Å². The molecule has 4 nitrogen and oxygen atoms in total. The maximum atomic E-state index is 5.66. The molecule has 0 atom stereocenters. The Labute approximate surface area is 87.7 Å². The molecule has 1 aromatic rings. The van der Waals surface area contributed by atoms with Crippen molar-refractivity contribution in [3.63, 3.8) is 0 Å². The maximum Gasteiger partial charge on any atom is 0.220 e. The Morgan fingerprint density at radius 3 is 3.14 bits per heavy atom. The lowest BCUT2D eigenvalue weighted by molar-refractivity contribution is 0.768. The van der Waals surface area contributed by atoms with E-state index in [-0.39, 0.29) is 0 Å². The average Bonchev–Trinajstić information content (AvgIpc) is 2.18. The van der Waals surface area contributed by atoms with Crippen LogP contribution in [0.1, 0.15) is 17.0 Å². The molecular formula is C9H14N4S. The summed E-state index contributed by atoms with van der Waals surface area (Å²) < 4.78 is 0. The minimum Gasteiger partial charge on any atom is -0.368 e. The van der Waals surface area contributed by atoms with Crippen LogP contribution in [-0.2, 0) is 18.7 Å². The number of fused-ring (bicyclic) bond motifs is 1. The van der Waals surface area contributed by atoms with Crippen molar-refractivity contribution in [1.29, 1.82) is 0 Å². The molecule has 1 aliphatic heterocycles. The van der Waals surface area contributed by atoms with Gasteiger partial charge >= 0.3 is 0 Å². The fourth-order valence-electron chi connectivity index (χ4n) is 1.63. The summed E-state index contributed by atoms with van der Waals surface area (Å²) in [5.74, 6) is 2.57. The van der Waals surface area contributed by atoms with Crippen molar-refractivity contribution in [2.75, 3.05) is 18.5 Å². The third kappa shape index (κ3) is 1.83. The predicted molar refractivity (Wildman–Crippen MR) is 59.1 cm³/mol. The monoisotopic (exact) mass is 210 g/mol. The van der Waals surface area contributed by atoms with Crippen LogP contribution < -0.4 is 11.1 Å². The van der Waals surface area contributed by atoms with E-state index < -0.39 is 0 Å². The fourth-order valence-corrected chi connectivity index (χ4v) is 2.65. The largest absolute Gasteiger partial charge is 0.368 e. The summed E-state index contributed by atoms with van der Waals surface area (Å²) >= 11 is 1.93. The zero-order valence-electron chi connectivity index (χ0n) is 8.21. The lowest BCUT2D eigenvalue weighted by Crippen LogP contribution is -2.17. The normalized spacial score (nSPS) is 15.2. The molecule has 2 heterocycles. The van der Waals surface area contributed by atoms with Gasteiger partial charge in [-0.15, -0.1) is 0 Å². The number of hydrogen-bond acceptors (Lipinski definition) is 5. The van der Waals surface area contributed by atoms with E-state index in [0.29, 0.717) is 5.95 Å². The second kappa shape index (κ2) is 4.14. The number of aromatic nitrogens is 2. The first kappa shape index (κ1) is 9.73. The van der Waals surface area contributed by atoms with Crippen LogP contribution in [0, 0.1) is 0 Å². The summed E-state index contributed by atoms with van der Waals surface area (Å²) in [7, 11) is 1.92. The van der Waals surface area contributed by atoms with E-state index in [2.05, 4.69) is 15.3 Å². The molecule has 0 saturated carbocycles. The average molecular weight is 210 g/mol. The minimum absolute atomic E-state index is 0.404. The molecule has 1 aromatic heterocycles. The fraction of sp³-hybridized carbons (Fsp3) is 0.556. The number of nitrogens with one attached hydrogen (secondary N) is 1. The molecule has 3 N–H and O–H groups in total. The van der Waals surface area contributed by atoms with Crippen LogP contribution in [0.2, 0.25) is 0 Å². The van der Waals surface area contributed by atoms with E-state index >= 15 is 0 Å². The van der Waals surface area contributed by atoms with Gasteiger partial charge in [-0.25, -0.2) is 9.97 Å². The Kier molecular flexibility index (Phi) is 2.88. The van der Waals surface area contributed by atoms with Crippen molar-refractivity contribution in [3.05, 3.63) is 17.0 Å². The summed E-state index contributed by atoms with van der Waals surface area (Å²) in [4.78, 5) is 8.55. The molecule has 2 rings (SSSR count). The molecule has 5 heteroatoms. The van der Waals surface area contributed by atoms with Crippen molar-refractivity contribution >= 4 is 17.7 Å². The van der Waals surface area contributed by atoms with Gasteiger partial charge in [-0.2, -0.15) is 11.8 Å². The quantitative estimate of drug-likeness (QED) is 0.747. The Balaban J connectivity index is 2.41. The topological polar surface area (TPSA) is 63.8 Å². The molecule has 1 aliphatic rings. The summed E-state index contributed by atoms with van der Waals surface area (Å²) in [5, 5.41) is 3.11. The number of aryl methyl sites for hydroxylation is 1. The Morgan fingerprint density at radius 2 is 2.36 bits per heavy atom. The molecule has 0 aliphatic carbocycles. The number of anilines is 1. The summed E-state index contributed by atoms with van der Waals surface area (Å²) in [5.41, 5.74) is 9.14. The second-order valence-electron chi connectivity index (χ2n) is 3.29. The van der Waals surface area contributed by atoms with Crippen molar-refractivity contribution in [2.45, 2.75) is 18.7 Å².